The van der Waals surface area contributed by atoms with Gasteiger partial charge < -0.3 is 9.84 Å². The molecule has 0 spiro atoms. The van der Waals surface area contributed by atoms with Crippen molar-refractivity contribution in [3.63, 3.8) is 0 Å². The summed E-state index contributed by atoms with van der Waals surface area (Å²) in [5, 5.41) is 13.2. The summed E-state index contributed by atoms with van der Waals surface area (Å²) in [4.78, 5) is 15.2. The summed E-state index contributed by atoms with van der Waals surface area (Å²) in [7, 11) is 1.52. The Labute approximate surface area is 104 Å². The van der Waals surface area contributed by atoms with Crippen molar-refractivity contribution in [1.29, 1.82) is 0 Å². The lowest BCUT2D eigenvalue weighted by Crippen LogP contribution is -2.11. The number of rotatable bonds is 4. The number of carboxylic acids is 1. The van der Waals surface area contributed by atoms with Gasteiger partial charge in [0.2, 0.25) is 0 Å². The second-order valence-corrected chi connectivity index (χ2v) is 3.75. The highest BCUT2D eigenvalue weighted by Crippen LogP contribution is 2.23. The molecule has 94 valence electrons. The number of hydrogen-bond donors (Lipinski definition) is 1. The summed E-state index contributed by atoms with van der Waals surface area (Å²) < 4.78 is 6.74. The second kappa shape index (κ2) is 4.97. The highest BCUT2D eigenvalue weighted by atomic mass is 16.5. The summed E-state index contributed by atoms with van der Waals surface area (Å²) in [6, 6.07) is 3.57. The van der Waals surface area contributed by atoms with Crippen LogP contribution >= 0.6 is 0 Å². The average Bonchev–Trinajstić information content (AvgIpc) is 2.83. The second-order valence-electron chi connectivity index (χ2n) is 3.75. The molecule has 0 radical (unpaired) electrons. The van der Waals surface area contributed by atoms with E-state index < -0.39 is 5.97 Å². The molecular weight excluding hydrogens is 234 g/mol. The first-order valence-electron chi connectivity index (χ1n) is 5.39. The molecule has 0 fully saturated rings. The van der Waals surface area contributed by atoms with Crippen LogP contribution in [0.25, 0.3) is 5.69 Å². The van der Waals surface area contributed by atoms with Crippen molar-refractivity contribution in [2.75, 3.05) is 7.11 Å². The first kappa shape index (κ1) is 12.3. The van der Waals surface area contributed by atoms with Gasteiger partial charge in [-0.25, -0.2) is 9.48 Å². The molecule has 0 amide bonds. The summed E-state index contributed by atoms with van der Waals surface area (Å²) in [5.74, 6) is -1.02. The van der Waals surface area contributed by atoms with Crippen molar-refractivity contribution >= 4 is 5.97 Å². The maximum Gasteiger partial charge on any atom is 0.339 e. The SMILES string of the molecule is CO[C@@H](C)c1c(C(=O)O)cnn1-c1cccnc1. The molecular formula is C12H13N3O3. The first-order chi connectivity index (χ1) is 8.65. The molecule has 0 aliphatic rings. The van der Waals surface area contributed by atoms with E-state index in [4.69, 9.17) is 9.84 Å². The quantitative estimate of drug-likeness (QED) is 0.889. The van der Waals surface area contributed by atoms with Crippen LogP contribution in [0.4, 0.5) is 0 Å². The van der Waals surface area contributed by atoms with E-state index in [0.29, 0.717) is 11.4 Å². The van der Waals surface area contributed by atoms with E-state index >= 15 is 0 Å². The molecule has 0 aromatic carbocycles. The monoisotopic (exact) mass is 247 g/mol. The van der Waals surface area contributed by atoms with Crippen LogP contribution in [0.2, 0.25) is 0 Å². The van der Waals surface area contributed by atoms with Crippen molar-refractivity contribution in [3.8, 4) is 5.69 Å². The van der Waals surface area contributed by atoms with Gasteiger partial charge in [0.1, 0.15) is 5.56 Å². The largest absolute Gasteiger partial charge is 0.478 e. The molecule has 6 heteroatoms. The lowest BCUT2D eigenvalue weighted by molar-refractivity contribution is 0.0681. The Hall–Kier alpha value is -2.21. The summed E-state index contributed by atoms with van der Waals surface area (Å²) in [6.07, 6.45) is 4.20. The van der Waals surface area contributed by atoms with Gasteiger partial charge in [-0.2, -0.15) is 5.10 Å². The maximum atomic E-state index is 11.2. The van der Waals surface area contributed by atoms with Gasteiger partial charge in [0.05, 0.1) is 29.9 Å². The van der Waals surface area contributed by atoms with Crippen molar-refractivity contribution in [3.05, 3.63) is 42.0 Å². The van der Waals surface area contributed by atoms with Crippen molar-refractivity contribution < 1.29 is 14.6 Å². The number of hydrogen-bond acceptors (Lipinski definition) is 4. The highest BCUT2D eigenvalue weighted by Gasteiger charge is 2.22. The minimum atomic E-state index is -1.02. The number of carboxylic acid groups (broad SMARTS) is 1. The molecule has 2 aromatic rings. The third kappa shape index (κ3) is 2.10. The molecule has 0 saturated heterocycles. The van der Waals surface area contributed by atoms with Crippen LogP contribution in [0.5, 0.6) is 0 Å². The summed E-state index contributed by atoms with van der Waals surface area (Å²) >= 11 is 0. The number of ether oxygens (including phenoxy) is 1. The van der Waals surface area contributed by atoms with Gasteiger partial charge in [0, 0.05) is 13.3 Å². The summed E-state index contributed by atoms with van der Waals surface area (Å²) in [5.41, 5.74) is 1.33. The third-order valence-electron chi connectivity index (χ3n) is 2.67. The Morgan fingerprint density at radius 1 is 1.50 bits per heavy atom. The molecule has 6 nitrogen and oxygen atoms in total. The molecule has 1 atom stereocenters. The molecule has 1 N–H and O–H groups in total. The van der Waals surface area contributed by atoms with E-state index in [2.05, 4.69) is 10.1 Å². The zero-order chi connectivity index (χ0) is 13.1. The van der Waals surface area contributed by atoms with Gasteiger partial charge in [-0.3, -0.25) is 4.98 Å². The Morgan fingerprint density at radius 3 is 2.83 bits per heavy atom. The third-order valence-corrected chi connectivity index (χ3v) is 2.67. The molecule has 0 aliphatic heterocycles. The maximum absolute atomic E-state index is 11.2. The van der Waals surface area contributed by atoms with Gasteiger partial charge in [0.25, 0.3) is 0 Å². The van der Waals surface area contributed by atoms with Gasteiger partial charge >= 0.3 is 5.97 Å². The minimum Gasteiger partial charge on any atom is -0.478 e. The van der Waals surface area contributed by atoms with Crippen LogP contribution in [0.15, 0.2) is 30.7 Å². The highest BCUT2D eigenvalue weighted by molar-refractivity contribution is 5.89. The van der Waals surface area contributed by atoms with Gasteiger partial charge in [-0.05, 0) is 19.1 Å². The van der Waals surface area contributed by atoms with Crippen molar-refractivity contribution in [1.82, 2.24) is 14.8 Å². The van der Waals surface area contributed by atoms with Crippen LogP contribution in [0.1, 0.15) is 29.1 Å². The fraction of sp³-hybridized carbons (Fsp3) is 0.250. The van der Waals surface area contributed by atoms with E-state index in [1.807, 2.05) is 0 Å². The van der Waals surface area contributed by atoms with Crippen molar-refractivity contribution in [2.24, 2.45) is 0 Å². The number of nitrogens with zero attached hydrogens (tertiary/aromatic N) is 3. The lowest BCUT2D eigenvalue weighted by atomic mass is 10.1. The fourth-order valence-electron chi connectivity index (χ4n) is 1.71. The van der Waals surface area contributed by atoms with E-state index in [1.54, 1.807) is 31.5 Å². The smallest absolute Gasteiger partial charge is 0.339 e. The van der Waals surface area contributed by atoms with E-state index in [9.17, 15) is 4.79 Å². The lowest BCUT2D eigenvalue weighted by Gasteiger charge is -2.13. The van der Waals surface area contributed by atoms with E-state index in [0.717, 1.165) is 0 Å². The van der Waals surface area contributed by atoms with Crippen LogP contribution in [0.3, 0.4) is 0 Å². The molecule has 0 saturated carbocycles. The Bertz CT molecular complexity index is 551. The molecule has 2 aromatic heterocycles. The van der Waals surface area contributed by atoms with Gasteiger partial charge in [-0.15, -0.1) is 0 Å². The first-order valence-corrected chi connectivity index (χ1v) is 5.39. The zero-order valence-electron chi connectivity index (χ0n) is 10.1. The topological polar surface area (TPSA) is 77.2 Å². The molecule has 0 aliphatic carbocycles. The predicted molar refractivity (Wildman–Crippen MR) is 63.7 cm³/mol. The van der Waals surface area contributed by atoms with Crippen LogP contribution in [-0.4, -0.2) is 33.0 Å². The van der Waals surface area contributed by atoms with Gasteiger partial charge in [-0.1, -0.05) is 0 Å². The van der Waals surface area contributed by atoms with Crippen LogP contribution < -0.4 is 0 Å². The minimum absolute atomic E-state index is 0.133. The molecule has 2 rings (SSSR count). The normalized spacial score (nSPS) is 12.3. The van der Waals surface area contributed by atoms with Crippen LogP contribution in [-0.2, 0) is 4.74 Å². The van der Waals surface area contributed by atoms with Gasteiger partial charge in [0.15, 0.2) is 0 Å². The summed E-state index contributed by atoms with van der Waals surface area (Å²) in [6.45, 7) is 1.77. The Kier molecular flexibility index (Phi) is 3.38. The number of aromatic carboxylic acids is 1. The zero-order valence-corrected chi connectivity index (χ0v) is 10.1. The van der Waals surface area contributed by atoms with E-state index in [1.165, 1.54) is 18.0 Å². The molecule has 18 heavy (non-hydrogen) atoms. The fourth-order valence-corrected chi connectivity index (χ4v) is 1.71. The van der Waals surface area contributed by atoms with Crippen molar-refractivity contribution in [2.45, 2.75) is 13.0 Å². The standard InChI is InChI=1S/C12H13N3O3/c1-8(18-2)11-10(12(16)17)7-14-15(11)9-4-3-5-13-6-9/h3-8H,1-2H3,(H,16,17)/t8-/m0/s1. The molecule has 0 bridgehead atoms. The predicted octanol–water partition coefficient (Wildman–Crippen LogP) is 1.67. The molecule has 0 unspecified atom stereocenters. The average molecular weight is 247 g/mol. The number of methoxy groups -OCH3 is 1. The number of carbonyl (C=O) groups is 1. The van der Waals surface area contributed by atoms with E-state index in [-0.39, 0.29) is 11.7 Å². The Morgan fingerprint density at radius 2 is 2.28 bits per heavy atom. The number of pyridine rings is 1. The number of aromatic nitrogens is 3. The van der Waals surface area contributed by atoms with Crippen LogP contribution in [0, 0.1) is 0 Å². The Balaban J connectivity index is 2.58. The molecule has 2 heterocycles.